The molecule has 0 aliphatic rings. The fourth-order valence-corrected chi connectivity index (χ4v) is 1.05. The molecule has 0 spiro atoms. The third kappa shape index (κ3) is 2.20. The molecule has 0 radical (unpaired) electrons. The van der Waals surface area contributed by atoms with Crippen molar-refractivity contribution in [2.75, 3.05) is 0 Å². The molecule has 3 heteroatoms. The molecule has 0 fully saturated rings. The van der Waals surface area contributed by atoms with Gasteiger partial charge in [0, 0.05) is 5.56 Å². The lowest BCUT2D eigenvalue weighted by molar-refractivity contribution is 0.112. The molecule has 1 aromatic rings. The van der Waals surface area contributed by atoms with Gasteiger partial charge in [0.25, 0.3) is 0 Å². The van der Waals surface area contributed by atoms with Crippen LogP contribution in [0.1, 0.15) is 22.3 Å². The summed E-state index contributed by atoms with van der Waals surface area (Å²) >= 11 is 0. The van der Waals surface area contributed by atoms with Crippen molar-refractivity contribution in [3.8, 4) is 11.8 Å². The lowest BCUT2D eigenvalue weighted by Gasteiger charge is -2.00. The van der Waals surface area contributed by atoms with E-state index in [-0.39, 0.29) is 17.7 Å². The standard InChI is InChI=1S/C11H9NO2/c12-7-2-1-4-9-5-3-6-10(8-13)11(9)14/h1,3-6,8,14H,2H2. The number of phenolic OH excluding ortho intramolecular Hbond substituents is 1. The highest BCUT2D eigenvalue weighted by Gasteiger charge is 2.02. The number of hydrogen-bond acceptors (Lipinski definition) is 3. The van der Waals surface area contributed by atoms with E-state index < -0.39 is 0 Å². The lowest BCUT2D eigenvalue weighted by Crippen LogP contribution is -1.83. The molecule has 0 aromatic heterocycles. The minimum absolute atomic E-state index is 0.0447. The van der Waals surface area contributed by atoms with Gasteiger partial charge in [-0.15, -0.1) is 0 Å². The van der Waals surface area contributed by atoms with Gasteiger partial charge in [0.15, 0.2) is 6.29 Å². The first kappa shape index (κ1) is 10.0. The molecule has 0 saturated carbocycles. The van der Waals surface area contributed by atoms with E-state index in [1.54, 1.807) is 24.3 Å². The topological polar surface area (TPSA) is 61.1 Å². The average Bonchev–Trinajstić information content (AvgIpc) is 2.21. The SMILES string of the molecule is N#CCC=Cc1cccc(C=O)c1O. The van der Waals surface area contributed by atoms with Gasteiger partial charge in [0.2, 0.25) is 0 Å². The number of nitrogens with zero attached hydrogens (tertiary/aromatic N) is 1. The number of carbonyl (C=O) groups excluding carboxylic acids is 1. The third-order valence-electron chi connectivity index (χ3n) is 1.73. The van der Waals surface area contributed by atoms with Gasteiger partial charge >= 0.3 is 0 Å². The Labute approximate surface area is 81.9 Å². The minimum atomic E-state index is -0.0447. The van der Waals surface area contributed by atoms with E-state index in [2.05, 4.69) is 0 Å². The molecule has 1 N–H and O–H groups in total. The molecule has 0 bridgehead atoms. The van der Waals surface area contributed by atoms with Crippen LogP contribution in [0.25, 0.3) is 6.08 Å². The minimum Gasteiger partial charge on any atom is -0.507 e. The summed E-state index contributed by atoms with van der Waals surface area (Å²) in [6.45, 7) is 0. The Morgan fingerprint density at radius 1 is 1.43 bits per heavy atom. The van der Waals surface area contributed by atoms with Gasteiger partial charge in [-0.05, 0) is 6.07 Å². The van der Waals surface area contributed by atoms with Crippen LogP contribution in [0.5, 0.6) is 5.75 Å². The first-order chi connectivity index (χ1) is 6.79. The summed E-state index contributed by atoms with van der Waals surface area (Å²) < 4.78 is 0. The Morgan fingerprint density at radius 3 is 2.79 bits per heavy atom. The number of benzene rings is 1. The van der Waals surface area contributed by atoms with Crippen LogP contribution in [0.3, 0.4) is 0 Å². The number of nitriles is 1. The fourth-order valence-electron chi connectivity index (χ4n) is 1.05. The van der Waals surface area contributed by atoms with E-state index in [9.17, 15) is 9.90 Å². The van der Waals surface area contributed by atoms with E-state index >= 15 is 0 Å². The van der Waals surface area contributed by atoms with Crippen molar-refractivity contribution in [2.45, 2.75) is 6.42 Å². The molecule has 14 heavy (non-hydrogen) atoms. The van der Waals surface area contributed by atoms with Crippen LogP contribution in [0, 0.1) is 11.3 Å². The highest BCUT2D eigenvalue weighted by molar-refractivity contribution is 5.82. The van der Waals surface area contributed by atoms with Gasteiger partial charge in [-0.1, -0.05) is 24.3 Å². The predicted molar refractivity (Wildman–Crippen MR) is 52.8 cm³/mol. The Hall–Kier alpha value is -2.08. The number of aldehydes is 1. The summed E-state index contributed by atoms with van der Waals surface area (Å²) in [5.41, 5.74) is 0.800. The number of rotatable bonds is 3. The molecular weight excluding hydrogens is 178 g/mol. The van der Waals surface area contributed by atoms with Crippen LogP contribution in [0.15, 0.2) is 24.3 Å². The van der Waals surface area contributed by atoms with Crippen LogP contribution in [-0.4, -0.2) is 11.4 Å². The van der Waals surface area contributed by atoms with Gasteiger partial charge in [0.05, 0.1) is 18.1 Å². The quantitative estimate of drug-likeness (QED) is 0.737. The zero-order chi connectivity index (χ0) is 10.4. The van der Waals surface area contributed by atoms with Crippen LogP contribution in [0.2, 0.25) is 0 Å². The Bertz CT molecular complexity index is 402. The van der Waals surface area contributed by atoms with Crippen molar-refractivity contribution in [1.29, 1.82) is 5.26 Å². The second-order valence-corrected chi connectivity index (χ2v) is 2.67. The van der Waals surface area contributed by atoms with E-state index in [1.165, 1.54) is 6.07 Å². The fraction of sp³-hybridized carbons (Fsp3) is 0.0909. The lowest BCUT2D eigenvalue weighted by atomic mass is 10.1. The summed E-state index contributed by atoms with van der Waals surface area (Å²) in [5, 5.41) is 17.8. The number of para-hydroxylation sites is 1. The summed E-state index contributed by atoms with van der Waals surface area (Å²) in [7, 11) is 0. The number of hydrogen-bond donors (Lipinski definition) is 1. The molecule has 0 heterocycles. The van der Waals surface area contributed by atoms with E-state index in [0.29, 0.717) is 11.8 Å². The van der Waals surface area contributed by atoms with E-state index in [1.807, 2.05) is 6.07 Å². The second-order valence-electron chi connectivity index (χ2n) is 2.67. The smallest absolute Gasteiger partial charge is 0.153 e. The average molecular weight is 187 g/mol. The second kappa shape index (κ2) is 4.83. The van der Waals surface area contributed by atoms with Gasteiger partial charge in [-0.25, -0.2) is 0 Å². The van der Waals surface area contributed by atoms with Gasteiger partial charge in [0.1, 0.15) is 5.75 Å². The Morgan fingerprint density at radius 2 is 2.14 bits per heavy atom. The summed E-state index contributed by atoms with van der Waals surface area (Å²) in [6, 6.07) is 6.83. The number of phenols is 1. The highest BCUT2D eigenvalue weighted by atomic mass is 16.3. The molecule has 0 atom stereocenters. The van der Waals surface area contributed by atoms with Crippen molar-refractivity contribution in [2.24, 2.45) is 0 Å². The zero-order valence-electron chi connectivity index (χ0n) is 7.47. The first-order valence-corrected chi connectivity index (χ1v) is 4.10. The van der Waals surface area contributed by atoms with Crippen LogP contribution in [0.4, 0.5) is 0 Å². The first-order valence-electron chi connectivity index (χ1n) is 4.10. The molecule has 3 nitrogen and oxygen atoms in total. The maximum absolute atomic E-state index is 10.5. The van der Waals surface area contributed by atoms with Gasteiger partial charge < -0.3 is 5.11 Å². The van der Waals surface area contributed by atoms with Crippen molar-refractivity contribution in [1.82, 2.24) is 0 Å². The molecule has 0 aliphatic carbocycles. The predicted octanol–water partition coefficient (Wildman–Crippen LogP) is 2.13. The van der Waals surface area contributed by atoms with Gasteiger partial charge in [-0.3, -0.25) is 4.79 Å². The summed E-state index contributed by atoms with van der Waals surface area (Å²) in [4.78, 5) is 10.5. The Balaban J connectivity index is 2.99. The van der Waals surface area contributed by atoms with Crippen LogP contribution < -0.4 is 0 Å². The number of carbonyl (C=O) groups is 1. The monoisotopic (exact) mass is 187 g/mol. The largest absolute Gasteiger partial charge is 0.507 e. The van der Waals surface area contributed by atoms with Gasteiger partial charge in [-0.2, -0.15) is 5.26 Å². The highest BCUT2D eigenvalue weighted by Crippen LogP contribution is 2.22. The summed E-state index contributed by atoms with van der Waals surface area (Å²) in [6.07, 6.45) is 4.12. The van der Waals surface area contributed by atoms with E-state index in [0.717, 1.165) is 0 Å². The van der Waals surface area contributed by atoms with E-state index in [4.69, 9.17) is 5.26 Å². The normalized spacial score (nSPS) is 9.93. The van der Waals surface area contributed by atoms with Crippen molar-refractivity contribution >= 4 is 12.4 Å². The molecule has 1 aromatic carbocycles. The zero-order valence-corrected chi connectivity index (χ0v) is 7.47. The molecule has 0 unspecified atom stereocenters. The molecule has 0 aliphatic heterocycles. The molecule has 0 saturated heterocycles. The molecule has 0 amide bonds. The number of aromatic hydroxyl groups is 1. The van der Waals surface area contributed by atoms with Crippen LogP contribution in [-0.2, 0) is 0 Å². The molecule has 1 rings (SSSR count). The Kier molecular flexibility index (Phi) is 3.45. The van der Waals surface area contributed by atoms with Crippen molar-refractivity contribution < 1.29 is 9.90 Å². The third-order valence-corrected chi connectivity index (χ3v) is 1.73. The van der Waals surface area contributed by atoms with Crippen molar-refractivity contribution in [3.05, 3.63) is 35.4 Å². The molecular formula is C11H9NO2. The maximum atomic E-state index is 10.5. The van der Waals surface area contributed by atoms with Crippen LogP contribution >= 0.6 is 0 Å². The maximum Gasteiger partial charge on any atom is 0.153 e. The van der Waals surface area contributed by atoms with Crippen molar-refractivity contribution in [3.63, 3.8) is 0 Å². The summed E-state index contributed by atoms with van der Waals surface area (Å²) in [5.74, 6) is -0.0447. The molecule has 70 valence electrons. The number of allylic oxidation sites excluding steroid dienone is 1.